The van der Waals surface area contributed by atoms with Gasteiger partial charge in [0.05, 0.1) is 23.5 Å². The number of nitrogens with one attached hydrogen (secondary N) is 2. The Morgan fingerprint density at radius 1 is 1.69 bits per heavy atom. The monoisotopic (exact) mass is 222 g/mol. The summed E-state index contributed by atoms with van der Waals surface area (Å²) in [6, 6.07) is 0. The van der Waals surface area contributed by atoms with Gasteiger partial charge in [0.1, 0.15) is 0 Å². The second kappa shape index (κ2) is 4.65. The minimum atomic E-state index is 0.0911. The number of nitrogens with zero attached hydrogens (tertiary/aromatic N) is 2. The number of hydrogen-bond acceptors (Lipinski definition) is 3. The van der Waals surface area contributed by atoms with E-state index in [1.165, 1.54) is 0 Å². The van der Waals surface area contributed by atoms with E-state index < -0.39 is 0 Å². The maximum atomic E-state index is 11.9. The average Bonchev–Trinajstić information content (AvgIpc) is 2.62. The van der Waals surface area contributed by atoms with Gasteiger partial charge in [0.15, 0.2) is 0 Å². The molecule has 0 aromatic carbocycles. The molecule has 2 heterocycles. The fraction of sp³-hybridized carbons (Fsp3) is 0.636. The topological polar surface area (TPSA) is 59.0 Å². The molecule has 1 saturated heterocycles. The lowest BCUT2D eigenvalue weighted by molar-refractivity contribution is -0.120. The molecule has 88 valence electrons. The highest BCUT2D eigenvalue weighted by Crippen LogP contribution is 2.16. The lowest BCUT2D eigenvalue weighted by atomic mass is 9.99. The maximum absolute atomic E-state index is 11.9. The number of aryl methyl sites for hydroxylation is 1. The lowest BCUT2D eigenvalue weighted by Gasteiger charge is -2.21. The molecule has 1 aliphatic rings. The Labute approximate surface area is 95.2 Å². The molecule has 5 heteroatoms. The second-order valence-electron chi connectivity index (χ2n) is 4.30. The molecule has 1 aromatic heterocycles. The van der Waals surface area contributed by atoms with Crippen LogP contribution in [0.4, 0.5) is 5.69 Å². The zero-order chi connectivity index (χ0) is 11.5. The van der Waals surface area contributed by atoms with Crippen LogP contribution in [-0.4, -0.2) is 28.8 Å². The number of piperidine rings is 1. The van der Waals surface area contributed by atoms with Crippen molar-refractivity contribution in [2.75, 3.05) is 18.4 Å². The highest BCUT2D eigenvalue weighted by atomic mass is 16.1. The van der Waals surface area contributed by atoms with Gasteiger partial charge in [-0.3, -0.25) is 9.48 Å². The number of rotatable bonds is 2. The van der Waals surface area contributed by atoms with Gasteiger partial charge >= 0.3 is 0 Å². The van der Waals surface area contributed by atoms with Gasteiger partial charge in [-0.05, 0) is 26.3 Å². The Balaban J connectivity index is 1.98. The zero-order valence-corrected chi connectivity index (χ0v) is 9.79. The van der Waals surface area contributed by atoms with Crippen molar-refractivity contribution in [3.8, 4) is 0 Å². The van der Waals surface area contributed by atoms with Crippen LogP contribution in [0, 0.1) is 12.8 Å². The minimum Gasteiger partial charge on any atom is -0.323 e. The number of aromatic nitrogens is 2. The molecule has 1 atom stereocenters. The van der Waals surface area contributed by atoms with Crippen molar-refractivity contribution >= 4 is 11.6 Å². The van der Waals surface area contributed by atoms with Crippen molar-refractivity contribution in [3.05, 3.63) is 11.9 Å². The standard InChI is InChI=1S/C11H18N4O/c1-8-10(7-13-15(8)2)14-11(16)9-4-3-5-12-6-9/h7,9,12H,3-6H2,1-2H3,(H,14,16). The summed E-state index contributed by atoms with van der Waals surface area (Å²) >= 11 is 0. The molecule has 16 heavy (non-hydrogen) atoms. The largest absolute Gasteiger partial charge is 0.323 e. The summed E-state index contributed by atoms with van der Waals surface area (Å²) in [4.78, 5) is 11.9. The van der Waals surface area contributed by atoms with Crippen molar-refractivity contribution in [1.29, 1.82) is 0 Å². The molecular formula is C11H18N4O. The molecule has 5 nitrogen and oxygen atoms in total. The molecule has 1 fully saturated rings. The first-order chi connectivity index (χ1) is 7.68. The van der Waals surface area contributed by atoms with Gasteiger partial charge in [-0.15, -0.1) is 0 Å². The van der Waals surface area contributed by atoms with E-state index in [0.29, 0.717) is 0 Å². The van der Waals surface area contributed by atoms with Gasteiger partial charge in [0.2, 0.25) is 5.91 Å². The third-order valence-corrected chi connectivity index (χ3v) is 3.16. The van der Waals surface area contributed by atoms with E-state index in [2.05, 4.69) is 15.7 Å². The van der Waals surface area contributed by atoms with E-state index in [4.69, 9.17) is 0 Å². The molecule has 0 radical (unpaired) electrons. The molecule has 0 saturated carbocycles. The smallest absolute Gasteiger partial charge is 0.228 e. The predicted molar refractivity (Wildman–Crippen MR) is 62.2 cm³/mol. The summed E-state index contributed by atoms with van der Waals surface area (Å²) in [5, 5.41) is 10.3. The van der Waals surface area contributed by atoms with Crippen LogP contribution in [0.1, 0.15) is 18.5 Å². The van der Waals surface area contributed by atoms with Crippen molar-refractivity contribution < 1.29 is 4.79 Å². The van der Waals surface area contributed by atoms with Gasteiger partial charge in [-0.25, -0.2) is 0 Å². The van der Waals surface area contributed by atoms with E-state index in [-0.39, 0.29) is 11.8 Å². The Kier molecular flexibility index (Phi) is 3.24. The first kappa shape index (κ1) is 11.1. The molecule has 1 amide bonds. The summed E-state index contributed by atoms with van der Waals surface area (Å²) in [7, 11) is 1.87. The van der Waals surface area contributed by atoms with E-state index >= 15 is 0 Å². The van der Waals surface area contributed by atoms with E-state index in [1.807, 2.05) is 14.0 Å². The van der Waals surface area contributed by atoms with Crippen LogP contribution >= 0.6 is 0 Å². The molecule has 2 N–H and O–H groups in total. The lowest BCUT2D eigenvalue weighted by Crippen LogP contribution is -2.37. The van der Waals surface area contributed by atoms with Crippen LogP contribution in [0.5, 0.6) is 0 Å². The van der Waals surface area contributed by atoms with E-state index in [0.717, 1.165) is 37.3 Å². The highest BCUT2D eigenvalue weighted by molar-refractivity contribution is 5.93. The molecule has 1 aliphatic heterocycles. The van der Waals surface area contributed by atoms with Gasteiger partial charge in [-0.1, -0.05) is 0 Å². The van der Waals surface area contributed by atoms with Crippen LogP contribution < -0.4 is 10.6 Å². The molecule has 0 bridgehead atoms. The minimum absolute atomic E-state index is 0.0911. The van der Waals surface area contributed by atoms with Crippen LogP contribution in [0.15, 0.2) is 6.20 Å². The van der Waals surface area contributed by atoms with Crippen LogP contribution in [0.2, 0.25) is 0 Å². The number of carbonyl (C=O) groups excluding carboxylic acids is 1. The highest BCUT2D eigenvalue weighted by Gasteiger charge is 2.21. The van der Waals surface area contributed by atoms with E-state index in [1.54, 1.807) is 10.9 Å². The SMILES string of the molecule is Cc1c(NC(=O)C2CCCNC2)cnn1C. The first-order valence-electron chi connectivity index (χ1n) is 5.68. The van der Waals surface area contributed by atoms with Gasteiger partial charge in [-0.2, -0.15) is 5.10 Å². The van der Waals surface area contributed by atoms with E-state index in [9.17, 15) is 4.79 Å². The summed E-state index contributed by atoms with van der Waals surface area (Å²) < 4.78 is 1.76. The Hall–Kier alpha value is -1.36. The summed E-state index contributed by atoms with van der Waals surface area (Å²) in [6.07, 6.45) is 3.74. The fourth-order valence-corrected chi connectivity index (χ4v) is 1.93. The second-order valence-corrected chi connectivity index (χ2v) is 4.30. The maximum Gasteiger partial charge on any atom is 0.228 e. The van der Waals surface area contributed by atoms with Crippen LogP contribution in [-0.2, 0) is 11.8 Å². The Bertz CT molecular complexity index is 379. The Morgan fingerprint density at radius 3 is 3.06 bits per heavy atom. The molecule has 1 unspecified atom stereocenters. The number of carbonyl (C=O) groups is 1. The van der Waals surface area contributed by atoms with Crippen molar-refractivity contribution in [1.82, 2.24) is 15.1 Å². The van der Waals surface area contributed by atoms with Crippen LogP contribution in [0.3, 0.4) is 0 Å². The predicted octanol–water partition coefficient (Wildman–Crippen LogP) is 0.667. The van der Waals surface area contributed by atoms with Gasteiger partial charge in [0, 0.05) is 13.6 Å². The Morgan fingerprint density at radius 2 is 2.50 bits per heavy atom. The van der Waals surface area contributed by atoms with Crippen molar-refractivity contribution in [2.45, 2.75) is 19.8 Å². The third kappa shape index (κ3) is 2.24. The summed E-state index contributed by atoms with van der Waals surface area (Å²) in [5.41, 5.74) is 1.80. The quantitative estimate of drug-likeness (QED) is 0.773. The molecule has 0 spiro atoms. The number of hydrogen-bond donors (Lipinski definition) is 2. The molecule has 2 rings (SSSR count). The van der Waals surface area contributed by atoms with Crippen LogP contribution in [0.25, 0.3) is 0 Å². The number of anilines is 1. The number of amides is 1. The first-order valence-corrected chi connectivity index (χ1v) is 5.68. The normalized spacial score (nSPS) is 20.8. The molecule has 0 aliphatic carbocycles. The van der Waals surface area contributed by atoms with Gasteiger partial charge in [0.25, 0.3) is 0 Å². The molecule has 1 aromatic rings. The third-order valence-electron chi connectivity index (χ3n) is 3.16. The van der Waals surface area contributed by atoms with Crippen molar-refractivity contribution in [3.63, 3.8) is 0 Å². The summed E-state index contributed by atoms with van der Waals surface area (Å²) in [6.45, 7) is 3.75. The zero-order valence-electron chi connectivity index (χ0n) is 9.79. The van der Waals surface area contributed by atoms with Crippen molar-refractivity contribution in [2.24, 2.45) is 13.0 Å². The average molecular weight is 222 g/mol. The fourth-order valence-electron chi connectivity index (χ4n) is 1.93. The molecular weight excluding hydrogens is 204 g/mol. The van der Waals surface area contributed by atoms with Gasteiger partial charge < -0.3 is 10.6 Å². The summed E-state index contributed by atoms with van der Waals surface area (Å²) in [5.74, 6) is 0.191.